The monoisotopic (exact) mass is 498 g/mol. The van der Waals surface area contributed by atoms with Gasteiger partial charge in [-0.15, -0.1) is 0 Å². The summed E-state index contributed by atoms with van der Waals surface area (Å²) in [5.74, 6) is 1.04. The lowest BCUT2D eigenvalue weighted by Crippen LogP contribution is -2.41. The fraction of sp³-hybridized carbons (Fsp3) is 0.444. The van der Waals surface area contributed by atoms with Gasteiger partial charge in [0.2, 0.25) is 0 Å². The highest BCUT2D eigenvalue weighted by atomic mass is 35.5. The Morgan fingerprint density at radius 1 is 1.17 bits per heavy atom. The Morgan fingerprint density at radius 2 is 1.94 bits per heavy atom. The average Bonchev–Trinajstić information content (AvgIpc) is 3.53. The van der Waals surface area contributed by atoms with E-state index in [1.165, 1.54) is 18.4 Å². The van der Waals surface area contributed by atoms with Gasteiger partial charge in [0, 0.05) is 28.2 Å². The first-order chi connectivity index (χ1) is 17.0. The summed E-state index contributed by atoms with van der Waals surface area (Å²) < 4.78 is 11.4. The number of nitrogens with one attached hydrogen (secondary N) is 1. The van der Waals surface area contributed by atoms with Crippen LogP contribution in [-0.4, -0.2) is 58.7 Å². The van der Waals surface area contributed by atoms with E-state index in [-0.39, 0.29) is 25.3 Å². The Hall–Kier alpha value is -2.74. The molecule has 8 heteroatoms. The fourth-order valence-corrected chi connectivity index (χ4v) is 5.42. The minimum atomic E-state index is -0.932. The van der Waals surface area contributed by atoms with E-state index in [0.29, 0.717) is 36.3 Å². The van der Waals surface area contributed by atoms with Gasteiger partial charge in [-0.05, 0) is 66.6 Å². The molecule has 1 aromatic heterocycles. The minimum Gasteiger partial charge on any atom is -0.491 e. The van der Waals surface area contributed by atoms with Crippen LogP contribution in [0.4, 0.5) is 4.79 Å². The molecule has 2 aliphatic rings. The third kappa shape index (κ3) is 5.13. The van der Waals surface area contributed by atoms with Crippen LogP contribution in [0.3, 0.4) is 0 Å². The van der Waals surface area contributed by atoms with Crippen molar-refractivity contribution in [2.24, 2.45) is 5.92 Å². The Kier molecular flexibility index (Phi) is 7.18. The van der Waals surface area contributed by atoms with E-state index in [4.69, 9.17) is 26.2 Å². The number of carbonyl (C=O) groups is 1. The van der Waals surface area contributed by atoms with Crippen LogP contribution >= 0.6 is 11.6 Å². The van der Waals surface area contributed by atoms with Crippen molar-refractivity contribution in [2.45, 2.75) is 44.2 Å². The minimum absolute atomic E-state index is 0.00577. The number of ether oxygens (including phenoxy) is 2. The lowest BCUT2D eigenvalue weighted by molar-refractivity contribution is 0.0536. The summed E-state index contributed by atoms with van der Waals surface area (Å²) in [5.41, 5.74) is 4.05. The van der Waals surface area contributed by atoms with E-state index < -0.39 is 6.10 Å². The Morgan fingerprint density at radius 3 is 2.69 bits per heavy atom. The number of H-pyrrole nitrogens is 1. The fourth-order valence-electron chi connectivity index (χ4n) is 5.24. The third-order valence-electron chi connectivity index (χ3n) is 7.09. The molecule has 1 aliphatic carbocycles. The summed E-state index contributed by atoms with van der Waals surface area (Å²) in [6, 6.07) is 13.0. The largest absolute Gasteiger partial charge is 0.491 e. The molecular formula is C27H31ClN2O5. The number of aromatic amines is 1. The SMILES string of the molecule is O=C(OCC1CCCC1)N1CCc2c([nH]c3ccc(Cl)cc23)C1c1ccc(OCC(O)CO)cc1. The van der Waals surface area contributed by atoms with Crippen molar-refractivity contribution in [3.8, 4) is 5.75 Å². The highest BCUT2D eigenvalue weighted by Crippen LogP contribution is 2.40. The maximum atomic E-state index is 13.3. The van der Waals surface area contributed by atoms with Crippen molar-refractivity contribution in [1.82, 2.24) is 9.88 Å². The van der Waals surface area contributed by atoms with Crippen LogP contribution < -0.4 is 4.74 Å². The van der Waals surface area contributed by atoms with E-state index in [2.05, 4.69) is 4.98 Å². The van der Waals surface area contributed by atoms with Crippen LogP contribution in [0.5, 0.6) is 5.75 Å². The summed E-state index contributed by atoms with van der Waals surface area (Å²) in [6.07, 6.45) is 4.14. The van der Waals surface area contributed by atoms with Gasteiger partial charge in [0.1, 0.15) is 24.5 Å². The molecule has 3 N–H and O–H groups in total. The van der Waals surface area contributed by atoms with Crippen molar-refractivity contribution in [3.05, 3.63) is 64.3 Å². The van der Waals surface area contributed by atoms with Gasteiger partial charge in [0.25, 0.3) is 0 Å². The smallest absolute Gasteiger partial charge is 0.410 e. The predicted octanol–water partition coefficient (Wildman–Crippen LogP) is 4.83. The third-order valence-corrected chi connectivity index (χ3v) is 7.32. The second-order valence-electron chi connectivity index (χ2n) is 9.50. The molecule has 1 aliphatic heterocycles. The second kappa shape index (κ2) is 10.5. The molecule has 35 heavy (non-hydrogen) atoms. The number of carbonyl (C=O) groups excluding carboxylic acids is 1. The molecule has 0 radical (unpaired) electrons. The Labute approximate surface area is 209 Å². The van der Waals surface area contributed by atoms with Crippen molar-refractivity contribution in [1.29, 1.82) is 0 Å². The number of rotatable bonds is 7. The first-order valence-electron chi connectivity index (χ1n) is 12.3. The van der Waals surface area contributed by atoms with Crippen LogP contribution in [0, 0.1) is 5.92 Å². The molecular weight excluding hydrogens is 468 g/mol. The summed E-state index contributed by atoms with van der Waals surface area (Å²) in [4.78, 5) is 18.6. The van der Waals surface area contributed by atoms with E-state index in [1.807, 2.05) is 42.5 Å². The first kappa shape index (κ1) is 24.0. The highest BCUT2D eigenvalue weighted by Gasteiger charge is 2.36. The number of aliphatic hydroxyl groups excluding tert-OH is 2. The molecule has 1 fully saturated rings. The zero-order chi connectivity index (χ0) is 24.4. The van der Waals surface area contributed by atoms with Gasteiger partial charge in [-0.2, -0.15) is 0 Å². The molecule has 0 saturated heterocycles. The van der Waals surface area contributed by atoms with E-state index in [9.17, 15) is 9.90 Å². The zero-order valence-corrected chi connectivity index (χ0v) is 20.3. The number of halogens is 1. The van der Waals surface area contributed by atoms with Crippen LogP contribution in [0.25, 0.3) is 10.9 Å². The van der Waals surface area contributed by atoms with Crippen LogP contribution in [0.1, 0.15) is 48.5 Å². The van der Waals surface area contributed by atoms with E-state index >= 15 is 0 Å². The first-order valence-corrected chi connectivity index (χ1v) is 12.7. The number of fused-ring (bicyclic) bond motifs is 3. The summed E-state index contributed by atoms with van der Waals surface area (Å²) in [6.45, 7) is 0.663. The Bertz CT molecular complexity index is 1170. The molecule has 7 nitrogen and oxygen atoms in total. The summed E-state index contributed by atoms with van der Waals surface area (Å²) in [7, 11) is 0. The molecule has 2 unspecified atom stereocenters. The van der Waals surface area contributed by atoms with E-state index in [0.717, 1.165) is 35.0 Å². The van der Waals surface area contributed by atoms with Crippen molar-refractivity contribution in [3.63, 3.8) is 0 Å². The molecule has 5 rings (SSSR count). The van der Waals surface area contributed by atoms with E-state index in [1.54, 1.807) is 4.90 Å². The van der Waals surface area contributed by atoms with Gasteiger partial charge < -0.3 is 24.7 Å². The van der Waals surface area contributed by atoms with Gasteiger partial charge in [0.15, 0.2) is 0 Å². The van der Waals surface area contributed by atoms with Gasteiger partial charge in [-0.3, -0.25) is 4.90 Å². The molecule has 3 aromatic rings. The highest BCUT2D eigenvalue weighted by molar-refractivity contribution is 6.31. The van der Waals surface area contributed by atoms with Gasteiger partial charge >= 0.3 is 6.09 Å². The zero-order valence-electron chi connectivity index (χ0n) is 19.6. The molecule has 1 amide bonds. The maximum Gasteiger partial charge on any atom is 0.410 e. The Balaban J connectivity index is 1.44. The summed E-state index contributed by atoms with van der Waals surface area (Å²) >= 11 is 6.29. The number of amides is 1. The van der Waals surface area contributed by atoms with Crippen LogP contribution in [0.15, 0.2) is 42.5 Å². The topological polar surface area (TPSA) is 95.0 Å². The number of nitrogens with zero attached hydrogens (tertiary/aromatic N) is 1. The molecule has 2 aromatic carbocycles. The molecule has 0 bridgehead atoms. The second-order valence-corrected chi connectivity index (χ2v) is 9.93. The number of hydrogen-bond donors (Lipinski definition) is 3. The summed E-state index contributed by atoms with van der Waals surface area (Å²) in [5, 5.41) is 20.3. The van der Waals surface area contributed by atoms with Gasteiger partial charge in [-0.25, -0.2) is 4.79 Å². The van der Waals surface area contributed by atoms with Crippen molar-refractivity contribution >= 4 is 28.6 Å². The normalized spacial score (nSPS) is 19.1. The quantitative estimate of drug-likeness (QED) is 0.434. The molecule has 1 saturated carbocycles. The number of hydrogen-bond acceptors (Lipinski definition) is 5. The lowest BCUT2D eigenvalue weighted by Gasteiger charge is -2.35. The number of aromatic nitrogens is 1. The molecule has 2 atom stereocenters. The van der Waals surface area contributed by atoms with Gasteiger partial charge in [-0.1, -0.05) is 36.6 Å². The van der Waals surface area contributed by atoms with Crippen LogP contribution in [-0.2, 0) is 11.2 Å². The van der Waals surface area contributed by atoms with Crippen LogP contribution in [0.2, 0.25) is 5.02 Å². The predicted molar refractivity (Wildman–Crippen MR) is 134 cm³/mol. The lowest BCUT2D eigenvalue weighted by atomic mass is 9.92. The molecule has 186 valence electrons. The number of aliphatic hydroxyl groups is 2. The van der Waals surface area contributed by atoms with Crippen molar-refractivity contribution in [2.75, 3.05) is 26.4 Å². The standard InChI is InChI=1S/C27H31ClN2O5/c28-19-7-10-24-23(13-19)22-11-12-30(27(33)35-15-17-3-1-2-4-17)26(25(22)29-24)18-5-8-21(9-6-18)34-16-20(32)14-31/h5-10,13,17,20,26,29,31-32H,1-4,11-12,14-16H2. The maximum absolute atomic E-state index is 13.3. The van der Waals surface area contributed by atoms with Crippen molar-refractivity contribution < 1.29 is 24.5 Å². The van der Waals surface area contributed by atoms with Gasteiger partial charge in [0.05, 0.1) is 13.2 Å². The molecule has 2 heterocycles. The number of benzene rings is 2. The molecule has 0 spiro atoms. The average molecular weight is 499 g/mol.